The Morgan fingerprint density at radius 2 is 1.94 bits per heavy atom. The van der Waals surface area contributed by atoms with Gasteiger partial charge in [0.15, 0.2) is 18.1 Å². The van der Waals surface area contributed by atoms with Crippen LogP contribution in [0.2, 0.25) is 0 Å². The summed E-state index contributed by atoms with van der Waals surface area (Å²) in [6, 6.07) is 22.5. The van der Waals surface area contributed by atoms with Crippen molar-refractivity contribution in [3.8, 4) is 29.0 Å². The van der Waals surface area contributed by atoms with Crippen LogP contribution in [0.15, 0.2) is 72.8 Å². The lowest BCUT2D eigenvalue weighted by molar-refractivity contribution is -0.111. The number of rotatable bonds is 7. The van der Waals surface area contributed by atoms with Gasteiger partial charge in [-0.15, -0.1) is 0 Å². The molecule has 0 atom stereocenters. The second-order valence-corrected chi connectivity index (χ2v) is 6.86. The number of aromatic nitrogens is 2. The van der Waals surface area contributed by atoms with Gasteiger partial charge >= 0.3 is 0 Å². The Labute approximate surface area is 184 Å². The van der Waals surface area contributed by atoms with Crippen molar-refractivity contribution in [3.05, 3.63) is 78.4 Å². The maximum Gasteiger partial charge on any atom is 0.248 e. The van der Waals surface area contributed by atoms with Crippen molar-refractivity contribution in [3.63, 3.8) is 0 Å². The van der Waals surface area contributed by atoms with Crippen LogP contribution in [0.4, 0.5) is 5.69 Å². The number of benzene rings is 3. The van der Waals surface area contributed by atoms with E-state index in [1.165, 1.54) is 13.2 Å². The summed E-state index contributed by atoms with van der Waals surface area (Å²) in [5, 5.41) is 11.5. The summed E-state index contributed by atoms with van der Waals surface area (Å²) in [7, 11) is 1.52. The van der Waals surface area contributed by atoms with Crippen LogP contribution in [0.1, 0.15) is 5.56 Å². The SMILES string of the molecule is COc1cc(/C=C/C(=O)Nc2ccc(-c3nc4ccccc4[nH]3)cc2)ccc1OCC#N. The monoisotopic (exact) mass is 424 g/mol. The van der Waals surface area contributed by atoms with E-state index in [1.54, 1.807) is 24.3 Å². The molecule has 1 amide bonds. The smallest absolute Gasteiger partial charge is 0.248 e. The molecule has 4 rings (SSSR count). The molecule has 1 heterocycles. The van der Waals surface area contributed by atoms with Crippen LogP contribution in [-0.4, -0.2) is 29.6 Å². The second-order valence-electron chi connectivity index (χ2n) is 6.86. The van der Waals surface area contributed by atoms with Gasteiger partial charge in [-0.25, -0.2) is 4.98 Å². The maximum absolute atomic E-state index is 12.3. The fourth-order valence-electron chi connectivity index (χ4n) is 3.17. The highest BCUT2D eigenvalue weighted by Gasteiger charge is 2.07. The first kappa shape index (κ1) is 20.7. The number of hydrogen-bond acceptors (Lipinski definition) is 5. The molecule has 0 aliphatic carbocycles. The van der Waals surface area contributed by atoms with Gasteiger partial charge in [-0.2, -0.15) is 5.26 Å². The zero-order valence-corrected chi connectivity index (χ0v) is 17.3. The summed E-state index contributed by atoms with van der Waals surface area (Å²) in [6.45, 7) is -0.0664. The number of para-hydroxylation sites is 2. The van der Waals surface area contributed by atoms with Crippen LogP contribution in [0, 0.1) is 11.3 Å². The third kappa shape index (κ3) is 4.77. The zero-order chi connectivity index (χ0) is 22.3. The quantitative estimate of drug-likeness (QED) is 0.415. The van der Waals surface area contributed by atoms with Crippen molar-refractivity contribution in [1.29, 1.82) is 5.26 Å². The van der Waals surface area contributed by atoms with E-state index >= 15 is 0 Å². The fraction of sp³-hybridized carbons (Fsp3) is 0.0800. The lowest BCUT2D eigenvalue weighted by atomic mass is 10.1. The minimum atomic E-state index is -0.259. The van der Waals surface area contributed by atoms with E-state index in [0.29, 0.717) is 17.2 Å². The molecule has 1 aromatic heterocycles. The van der Waals surface area contributed by atoms with Crippen molar-refractivity contribution in [2.75, 3.05) is 19.0 Å². The maximum atomic E-state index is 12.3. The Hall–Kier alpha value is -4.57. The molecule has 0 aliphatic rings. The van der Waals surface area contributed by atoms with Gasteiger partial charge in [0, 0.05) is 17.3 Å². The number of methoxy groups -OCH3 is 1. The Balaban J connectivity index is 1.40. The van der Waals surface area contributed by atoms with E-state index in [9.17, 15) is 4.79 Å². The third-order valence-corrected chi connectivity index (χ3v) is 4.72. The number of H-pyrrole nitrogens is 1. The molecule has 158 valence electrons. The Kier molecular flexibility index (Phi) is 6.14. The number of amides is 1. The molecule has 0 bridgehead atoms. The molecule has 0 saturated carbocycles. The predicted octanol–water partition coefficient (Wildman–Crippen LogP) is 4.79. The number of ether oxygens (including phenoxy) is 2. The number of nitrogens with zero attached hydrogens (tertiary/aromatic N) is 2. The Bertz CT molecular complexity index is 1280. The van der Waals surface area contributed by atoms with E-state index in [0.717, 1.165) is 28.0 Å². The topological polar surface area (TPSA) is 100 Å². The van der Waals surface area contributed by atoms with Gasteiger partial charge in [0.1, 0.15) is 11.9 Å². The number of fused-ring (bicyclic) bond motifs is 1. The number of nitriles is 1. The molecule has 32 heavy (non-hydrogen) atoms. The van der Waals surface area contributed by atoms with Crippen LogP contribution in [0.25, 0.3) is 28.5 Å². The first-order valence-corrected chi connectivity index (χ1v) is 9.88. The first-order valence-electron chi connectivity index (χ1n) is 9.88. The van der Waals surface area contributed by atoms with Crippen LogP contribution >= 0.6 is 0 Å². The number of nitrogens with one attached hydrogen (secondary N) is 2. The highest BCUT2D eigenvalue weighted by molar-refractivity contribution is 6.02. The third-order valence-electron chi connectivity index (χ3n) is 4.72. The van der Waals surface area contributed by atoms with Gasteiger partial charge in [-0.3, -0.25) is 4.79 Å². The van der Waals surface area contributed by atoms with Crippen molar-refractivity contribution in [2.45, 2.75) is 0 Å². The Morgan fingerprint density at radius 3 is 2.69 bits per heavy atom. The molecule has 7 nitrogen and oxygen atoms in total. The van der Waals surface area contributed by atoms with Gasteiger partial charge in [0.2, 0.25) is 5.91 Å². The summed E-state index contributed by atoms with van der Waals surface area (Å²) in [5.41, 5.74) is 4.26. The average Bonchev–Trinajstić information content (AvgIpc) is 3.26. The summed E-state index contributed by atoms with van der Waals surface area (Å²) >= 11 is 0. The van der Waals surface area contributed by atoms with E-state index < -0.39 is 0 Å². The normalized spacial score (nSPS) is 10.8. The highest BCUT2D eigenvalue weighted by Crippen LogP contribution is 2.28. The Morgan fingerprint density at radius 1 is 1.12 bits per heavy atom. The number of imidazole rings is 1. The summed E-state index contributed by atoms with van der Waals surface area (Å²) < 4.78 is 10.6. The molecule has 3 aromatic carbocycles. The van der Waals surface area contributed by atoms with Gasteiger partial charge in [-0.1, -0.05) is 18.2 Å². The molecule has 0 aliphatic heterocycles. The van der Waals surface area contributed by atoms with Gasteiger partial charge < -0.3 is 19.8 Å². The number of carbonyl (C=O) groups excluding carboxylic acids is 1. The van der Waals surface area contributed by atoms with Crippen molar-refractivity contribution in [2.24, 2.45) is 0 Å². The number of aromatic amines is 1. The largest absolute Gasteiger partial charge is 0.493 e. The molecular formula is C25H20N4O3. The predicted molar refractivity (Wildman–Crippen MR) is 123 cm³/mol. The van der Waals surface area contributed by atoms with Crippen molar-refractivity contribution in [1.82, 2.24) is 9.97 Å². The van der Waals surface area contributed by atoms with Crippen LogP contribution in [-0.2, 0) is 4.79 Å². The summed E-state index contributed by atoms with van der Waals surface area (Å²) in [5.74, 6) is 1.48. The first-order chi connectivity index (χ1) is 15.7. The number of hydrogen-bond donors (Lipinski definition) is 2. The molecule has 0 saturated heterocycles. The molecule has 2 N–H and O–H groups in total. The van der Waals surface area contributed by atoms with Gasteiger partial charge in [0.05, 0.1) is 18.1 Å². The average molecular weight is 424 g/mol. The molecule has 0 fully saturated rings. The van der Waals surface area contributed by atoms with Crippen molar-refractivity contribution >= 4 is 28.7 Å². The second kappa shape index (κ2) is 9.49. The fourth-order valence-corrected chi connectivity index (χ4v) is 3.17. The molecule has 0 unspecified atom stereocenters. The standard InChI is InChI=1S/C25H20N4O3/c1-31-23-16-17(6-12-22(23)32-15-14-26)7-13-24(30)27-19-10-8-18(9-11-19)25-28-20-4-2-3-5-21(20)29-25/h2-13,16H,15H2,1H3,(H,27,30)(H,28,29)/b13-7+. The van der Waals surface area contributed by atoms with E-state index in [2.05, 4.69) is 15.3 Å². The minimum absolute atomic E-state index is 0.0664. The zero-order valence-electron chi connectivity index (χ0n) is 17.3. The van der Waals surface area contributed by atoms with Gasteiger partial charge in [-0.05, 0) is 60.2 Å². The van der Waals surface area contributed by atoms with E-state index in [1.807, 2.05) is 54.6 Å². The molecule has 0 spiro atoms. The number of anilines is 1. The van der Waals surface area contributed by atoms with Crippen LogP contribution < -0.4 is 14.8 Å². The molecule has 7 heteroatoms. The lowest BCUT2D eigenvalue weighted by Gasteiger charge is -2.08. The molecular weight excluding hydrogens is 404 g/mol. The lowest BCUT2D eigenvalue weighted by Crippen LogP contribution is -2.07. The van der Waals surface area contributed by atoms with Gasteiger partial charge in [0.25, 0.3) is 0 Å². The minimum Gasteiger partial charge on any atom is -0.493 e. The molecule has 4 aromatic rings. The number of carbonyl (C=O) groups is 1. The summed E-state index contributed by atoms with van der Waals surface area (Å²) in [4.78, 5) is 20.2. The van der Waals surface area contributed by atoms with Crippen LogP contribution in [0.5, 0.6) is 11.5 Å². The van der Waals surface area contributed by atoms with E-state index in [-0.39, 0.29) is 12.5 Å². The van der Waals surface area contributed by atoms with E-state index in [4.69, 9.17) is 14.7 Å². The van der Waals surface area contributed by atoms with Crippen LogP contribution in [0.3, 0.4) is 0 Å². The molecule has 0 radical (unpaired) electrons. The highest BCUT2D eigenvalue weighted by atomic mass is 16.5. The van der Waals surface area contributed by atoms with Crippen molar-refractivity contribution < 1.29 is 14.3 Å². The summed E-state index contributed by atoms with van der Waals surface area (Å²) in [6.07, 6.45) is 3.12.